The van der Waals surface area contributed by atoms with Gasteiger partial charge in [0, 0.05) is 6.42 Å². The van der Waals surface area contributed by atoms with E-state index in [0.717, 1.165) is 44.9 Å². The van der Waals surface area contributed by atoms with Gasteiger partial charge in [0.1, 0.15) is 48.8 Å². The second-order valence-electron chi connectivity index (χ2n) is 17.9. The molecule has 374 valence electrons. The number of rotatable bonds is 38. The van der Waals surface area contributed by atoms with Crippen LogP contribution in [0.4, 0.5) is 0 Å². The van der Waals surface area contributed by atoms with Crippen molar-refractivity contribution >= 4 is 5.91 Å². The van der Waals surface area contributed by atoms with E-state index in [1.807, 2.05) is 6.08 Å². The standard InChI is InChI=1S/C50H91NO13/c1-3-5-7-9-11-13-15-17-19-20-22-24-26-28-30-32-34-42(55)51-38(39(54)33-31-29-27-25-23-21-18-16-14-12-10-8-6-4-2)37-61-49-47(60)45(58)48(41(36-53)63-49)64-50-46(59)44(57)43(56)40(35-52)62-50/h14,16,23,25,31,33,38-41,43-50,52-54,56-60H,3-13,15,17-22,24,26-30,32,34-37H2,1-2H3,(H,51,55)/b16-14+,25-23+,33-31+. The Balaban J connectivity index is 1.87. The molecule has 2 aliphatic rings. The first-order chi connectivity index (χ1) is 31.1. The molecule has 9 N–H and O–H groups in total. The molecular formula is C50H91NO13. The number of allylic oxidation sites excluding steroid dienone is 5. The van der Waals surface area contributed by atoms with Crippen LogP contribution in [0.5, 0.6) is 0 Å². The topological polar surface area (TPSA) is 228 Å². The van der Waals surface area contributed by atoms with Crippen LogP contribution >= 0.6 is 0 Å². The van der Waals surface area contributed by atoms with Gasteiger partial charge in [0.15, 0.2) is 12.6 Å². The molecule has 64 heavy (non-hydrogen) atoms. The summed E-state index contributed by atoms with van der Waals surface area (Å²) in [5.41, 5.74) is 0. The fraction of sp³-hybridized carbons (Fsp3) is 0.860. The number of carbonyl (C=O) groups excluding carboxylic acids is 1. The second kappa shape index (κ2) is 37.2. The molecule has 0 aliphatic carbocycles. The molecule has 0 bridgehead atoms. The molecule has 0 aromatic rings. The van der Waals surface area contributed by atoms with Crippen molar-refractivity contribution in [3.8, 4) is 0 Å². The maximum Gasteiger partial charge on any atom is 0.220 e. The number of ether oxygens (including phenoxy) is 4. The molecule has 2 rings (SSSR count). The van der Waals surface area contributed by atoms with Crippen molar-refractivity contribution < 1.29 is 64.6 Å². The molecule has 0 aromatic carbocycles. The van der Waals surface area contributed by atoms with Crippen LogP contribution in [0.25, 0.3) is 0 Å². The van der Waals surface area contributed by atoms with E-state index in [1.165, 1.54) is 103 Å². The first kappa shape index (κ1) is 58.3. The predicted octanol–water partition coefficient (Wildman–Crippen LogP) is 6.32. The Bertz CT molecular complexity index is 1220. The number of aliphatic hydroxyl groups excluding tert-OH is 8. The lowest BCUT2D eigenvalue weighted by Gasteiger charge is -2.46. The van der Waals surface area contributed by atoms with Crippen molar-refractivity contribution in [2.75, 3.05) is 19.8 Å². The highest BCUT2D eigenvalue weighted by molar-refractivity contribution is 5.76. The Morgan fingerprint density at radius 3 is 1.53 bits per heavy atom. The zero-order valence-corrected chi connectivity index (χ0v) is 39.5. The van der Waals surface area contributed by atoms with Crippen molar-refractivity contribution in [2.45, 2.75) is 254 Å². The minimum absolute atomic E-state index is 0.254. The highest BCUT2D eigenvalue weighted by Crippen LogP contribution is 2.30. The van der Waals surface area contributed by atoms with Gasteiger partial charge in [0.25, 0.3) is 0 Å². The maximum atomic E-state index is 13.2. The Labute approximate surface area is 385 Å². The first-order valence-electron chi connectivity index (χ1n) is 25.2. The Kier molecular flexibility index (Phi) is 33.9. The van der Waals surface area contributed by atoms with Gasteiger partial charge in [-0.15, -0.1) is 0 Å². The van der Waals surface area contributed by atoms with Crippen LogP contribution in [0.15, 0.2) is 36.5 Å². The summed E-state index contributed by atoms with van der Waals surface area (Å²) < 4.78 is 22.6. The first-order valence-corrected chi connectivity index (χ1v) is 25.2. The Morgan fingerprint density at radius 1 is 0.547 bits per heavy atom. The quantitative estimate of drug-likeness (QED) is 0.0244. The number of nitrogens with one attached hydrogen (secondary N) is 1. The van der Waals surface area contributed by atoms with Gasteiger partial charge >= 0.3 is 0 Å². The summed E-state index contributed by atoms with van der Waals surface area (Å²) in [6.45, 7) is 2.73. The van der Waals surface area contributed by atoms with E-state index in [4.69, 9.17) is 18.9 Å². The van der Waals surface area contributed by atoms with Crippen LogP contribution < -0.4 is 5.32 Å². The summed E-state index contributed by atoms with van der Waals surface area (Å²) >= 11 is 0. The largest absolute Gasteiger partial charge is 0.394 e. The number of amides is 1. The third-order valence-corrected chi connectivity index (χ3v) is 12.3. The van der Waals surface area contributed by atoms with Crippen molar-refractivity contribution in [3.05, 3.63) is 36.5 Å². The minimum atomic E-state index is -1.79. The Hall–Kier alpha value is -1.79. The molecule has 14 heteroatoms. The fourth-order valence-corrected chi connectivity index (χ4v) is 8.14. The third-order valence-electron chi connectivity index (χ3n) is 12.3. The average Bonchev–Trinajstić information content (AvgIpc) is 3.29. The van der Waals surface area contributed by atoms with Crippen LogP contribution in [-0.4, -0.2) is 140 Å². The molecule has 0 saturated carbocycles. The summed E-state index contributed by atoms with van der Waals surface area (Å²) in [7, 11) is 0. The van der Waals surface area contributed by atoms with Gasteiger partial charge < -0.3 is 65.1 Å². The van der Waals surface area contributed by atoms with Crippen LogP contribution in [0.1, 0.15) is 181 Å². The summed E-state index contributed by atoms with van der Waals surface area (Å²) in [6, 6.07) is -0.933. The SMILES string of the molecule is CCCCCC/C=C/CC/C=C/CC/C=C/C(O)C(COC1OC(CO)C(OC2OC(CO)C(O)C(O)C2O)C(O)C1O)NC(=O)CCCCCCCCCCCCCCCCCC. The molecule has 2 saturated heterocycles. The summed E-state index contributed by atoms with van der Waals surface area (Å²) in [4.78, 5) is 13.2. The zero-order chi connectivity index (χ0) is 46.8. The van der Waals surface area contributed by atoms with Crippen LogP contribution in [0.3, 0.4) is 0 Å². The van der Waals surface area contributed by atoms with E-state index in [-0.39, 0.29) is 18.9 Å². The van der Waals surface area contributed by atoms with Gasteiger partial charge in [0.2, 0.25) is 5.91 Å². The van der Waals surface area contributed by atoms with Gasteiger partial charge in [-0.05, 0) is 44.9 Å². The zero-order valence-electron chi connectivity index (χ0n) is 39.5. The van der Waals surface area contributed by atoms with E-state index in [0.29, 0.717) is 12.8 Å². The van der Waals surface area contributed by atoms with Gasteiger partial charge in [-0.1, -0.05) is 166 Å². The van der Waals surface area contributed by atoms with Crippen molar-refractivity contribution in [3.63, 3.8) is 0 Å². The molecule has 0 spiro atoms. The van der Waals surface area contributed by atoms with Gasteiger partial charge in [-0.2, -0.15) is 0 Å². The monoisotopic (exact) mass is 914 g/mol. The lowest BCUT2D eigenvalue weighted by molar-refractivity contribution is -0.359. The molecule has 1 amide bonds. The second-order valence-corrected chi connectivity index (χ2v) is 17.9. The number of unbranched alkanes of at least 4 members (excludes halogenated alkanes) is 21. The van der Waals surface area contributed by atoms with Crippen LogP contribution in [0.2, 0.25) is 0 Å². The molecule has 12 unspecified atom stereocenters. The van der Waals surface area contributed by atoms with E-state index >= 15 is 0 Å². The lowest BCUT2D eigenvalue weighted by Crippen LogP contribution is -2.65. The van der Waals surface area contributed by atoms with E-state index in [9.17, 15) is 45.6 Å². The van der Waals surface area contributed by atoms with Crippen molar-refractivity contribution in [2.24, 2.45) is 0 Å². The molecular weight excluding hydrogens is 823 g/mol. The number of aliphatic hydroxyl groups is 8. The molecule has 14 nitrogen and oxygen atoms in total. The van der Waals surface area contributed by atoms with Crippen LogP contribution in [0, 0.1) is 0 Å². The van der Waals surface area contributed by atoms with Crippen molar-refractivity contribution in [1.29, 1.82) is 0 Å². The summed E-state index contributed by atoms with van der Waals surface area (Å²) in [5.74, 6) is -0.254. The molecule has 2 heterocycles. The highest BCUT2D eigenvalue weighted by Gasteiger charge is 2.51. The summed E-state index contributed by atoms with van der Waals surface area (Å²) in [5, 5.41) is 86.6. The lowest BCUT2D eigenvalue weighted by atomic mass is 9.97. The van der Waals surface area contributed by atoms with E-state index in [1.54, 1.807) is 6.08 Å². The molecule has 2 fully saturated rings. The van der Waals surface area contributed by atoms with Crippen molar-refractivity contribution in [1.82, 2.24) is 5.32 Å². The number of hydrogen-bond donors (Lipinski definition) is 9. The summed E-state index contributed by atoms with van der Waals surface area (Å²) in [6.07, 6.45) is 24.7. The number of hydrogen-bond acceptors (Lipinski definition) is 13. The normalized spacial score (nSPS) is 27.5. The fourth-order valence-electron chi connectivity index (χ4n) is 8.14. The predicted molar refractivity (Wildman–Crippen MR) is 249 cm³/mol. The Morgan fingerprint density at radius 2 is 1.00 bits per heavy atom. The molecule has 2 aliphatic heterocycles. The van der Waals surface area contributed by atoms with E-state index < -0.39 is 86.8 Å². The minimum Gasteiger partial charge on any atom is -0.394 e. The number of carbonyl (C=O) groups is 1. The average molecular weight is 914 g/mol. The smallest absolute Gasteiger partial charge is 0.220 e. The third kappa shape index (κ3) is 24.3. The molecule has 0 aromatic heterocycles. The van der Waals surface area contributed by atoms with Gasteiger partial charge in [-0.25, -0.2) is 0 Å². The van der Waals surface area contributed by atoms with Crippen LogP contribution in [-0.2, 0) is 23.7 Å². The maximum absolute atomic E-state index is 13.2. The van der Waals surface area contributed by atoms with Gasteiger partial charge in [0.05, 0.1) is 32.0 Å². The van der Waals surface area contributed by atoms with E-state index in [2.05, 4.69) is 43.5 Å². The van der Waals surface area contributed by atoms with Gasteiger partial charge in [-0.3, -0.25) is 4.79 Å². The molecule has 12 atom stereocenters. The highest BCUT2D eigenvalue weighted by atomic mass is 16.7. The molecule has 0 radical (unpaired) electrons.